The van der Waals surface area contributed by atoms with E-state index in [1.54, 1.807) is 4.90 Å². The number of hydrogen-bond donors (Lipinski definition) is 1. The Bertz CT molecular complexity index is 519. The molecule has 1 unspecified atom stereocenters. The Hall–Kier alpha value is -1.55. The number of likely N-dealkylation sites (tertiary alicyclic amines) is 1. The van der Waals surface area contributed by atoms with Crippen molar-refractivity contribution >= 4 is 5.91 Å². The molecule has 122 valence electrons. The molecule has 0 radical (unpaired) electrons. The molecule has 1 heterocycles. The van der Waals surface area contributed by atoms with Crippen molar-refractivity contribution in [3.05, 3.63) is 29.3 Å². The van der Waals surface area contributed by atoms with E-state index in [1.807, 2.05) is 45.9 Å². The number of amides is 1. The van der Waals surface area contributed by atoms with E-state index in [2.05, 4.69) is 0 Å². The van der Waals surface area contributed by atoms with Crippen molar-refractivity contribution in [3.63, 3.8) is 0 Å². The fourth-order valence-electron chi connectivity index (χ4n) is 3.08. The van der Waals surface area contributed by atoms with Crippen molar-refractivity contribution in [2.24, 2.45) is 0 Å². The first-order chi connectivity index (χ1) is 10.3. The van der Waals surface area contributed by atoms with Crippen molar-refractivity contribution in [2.75, 3.05) is 13.2 Å². The summed E-state index contributed by atoms with van der Waals surface area (Å²) in [4.78, 5) is 14.1. The topological polar surface area (TPSA) is 49.8 Å². The monoisotopic (exact) mass is 305 g/mol. The van der Waals surface area contributed by atoms with Crippen LogP contribution in [-0.2, 0) is 4.79 Å². The van der Waals surface area contributed by atoms with Gasteiger partial charge < -0.3 is 14.7 Å². The van der Waals surface area contributed by atoms with Crippen LogP contribution in [0.2, 0.25) is 0 Å². The van der Waals surface area contributed by atoms with Crippen molar-refractivity contribution in [1.82, 2.24) is 4.90 Å². The quantitative estimate of drug-likeness (QED) is 0.851. The summed E-state index contributed by atoms with van der Waals surface area (Å²) >= 11 is 0. The molecule has 2 rings (SSSR count). The molecule has 1 fully saturated rings. The van der Waals surface area contributed by atoms with E-state index in [-0.39, 0.29) is 5.91 Å². The van der Waals surface area contributed by atoms with Gasteiger partial charge in [-0.15, -0.1) is 0 Å². The molecule has 1 N–H and O–H groups in total. The minimum Gasteiger partial charge on any atom is -0.493 e. The van der Waals surface area contributed by atoms with Gasteiger partial charge in [0.05, 0.1) is 18.2 Å². The molecule has 22 heavy (non-hydrogen) atoms. The van der Waals surface area contributed by atoms with Crippen LogP contribution in [0.25, 0.3) is 0 Å². The van der Waals surface area contributed by atoms with Gasteiger partial charge in [-0.2, -0.15) is 0 Å². The SMILES string of the molecule is Cc1cccc(C)c1OCCCC(=O)N1CCC(O)C1(C)C. The Balaban J connectivity index is 1.81. The molecule has 1 aliphatic rings. The van der Waals surface area contributed by atoms with Gasteiger partial charge in [-0.3, -0.25) is 4.79 Å². The molecule has 0 aromatic heterocycles. The summed E-state index contributed by atoms with van der Waals surface area (Å²) in [6, 6.07) is 6.07. The third-order valence-electron chi connectivity index (χ3n) is 4.63. The molecule has 1 saturated heterocycles. The fourth-order valence-corrected chi connectivity index (χ4v) is 3.08. The summed E-state index contributed by atoms with van der Waals surface area (Å²) in [5.41, 5.74) is 1.79. The van der Waals surface area contributed by atoms with E-state index in [1.165, 1.54) is 0 Å². The van der Waals surface area contributed by atoms with E-state index in [0.717, 1.165) is 16.9 Å². The van der Waals surface area contributed by atoms with Crippen LogP contribution in [0.15, 0.2) is 18.2 Å². The van der Waals surface area contributed by atoms with Crippen molar-refractivity contribution < 1.29 is 14.6 Å². The Labute approximate surface area is 133 Å². The number of benzene rings is 1. The van der Waals surface area contributed by atoms with E-state index in [9.17, 15) is 9.90 Å². The van der Waals surface area contributed by atoms with Gasteiger partial charge in [-0.1, -0.05) is 18.2 Å². The van der Waals surface area contributed by atoms with Gasteiger partial charge >= 0.3 is 0 Å². The van der Waals surface area contributed by atoms with Gasteiger partial charge in [0.2, 0.25) is 5.91 Å². The van der Waals surface area contributed by atoms with Crippen LogP contribution in [0.1, 0.15) is 44.2 Å². The molecule has 1 aromatic rings. The first kappa shape index (κ1) is 16.8. The number of para-hydroxylation sites is 1. The lowest BCUT2D eigenvalue weighted by Gasteiger charge is -2.33. The van der Waals surface area contributed by atoms with Gasteiger partial charge in [0, 0.05) is 13.0 Å². The zero-order chi connectivity index (χ0) is 16.3. The molecule has 1 amide bonds. The second-order valence-electron chi connectivity index (χ2n) is 6.68. The summed E-state index contributed by atoms with van der Waals surface area (Å²) in [5.74, 6) is 1.03. The lowest BCUT2D eigenvalue weighted by Crippen LogP contribution is -2.48. The number of aryl methyl sites for hydroxylation is 2. The summed E-state index contributed by atoms with van der Waals surface area (Å²) in [7, 11) is 0. The zero-order valence-electron chi connectivity index (χ0n) is 14.1. The predicted octanol–water partition coefficient (Wildman–Crippen LogP) is 2.83. The second kappa shape index (κ2) is 6.69. The normalized spacial score (nSPS) is 20.2. The Morgan fingerprint density at radius 3 is 2.55 bits per heavy atom. The highest BCUT2D eigenvalue weighted by molar-refractivity contribution is 5.77. The summed E-state index contributed by atoms with van der Waals surface area (Å²) in [6.07, 6.45) is 1.39. The zero-order valence-corrected chi connectivity index (χ0v) is 14.1. The van der Waals surface area contributed by atoms with E-state index in [0.29, 0.717) is 32.4 Å². The second-order valence-corrected chi connectivity index (χ2v) is 6.68. The molecule has 0 bridgehead atoms. The van der Waals surface area contributed by atoms with Crippen LogP contribution >= 0.6 is 0 Å². The number of carbonyl (C=O) groups is 1. The average Bonchev–Trinajstić information content (AvgIpc) is 2.71. The Kier molecular flexibility index (Phi) is 5.12. The van der Waals surface area contributed by atoms with Crippen LogP contribution in [0, 0.1) is 13.8 Å². The number of hydrogen-bond acceptors (Lipinski definition) is 3. The van der Waals surface area contributed by atoms with E-state index >= 15 is 0 Å². The summed E-state index contributed by atoms with van der Waals surface area (Å²) in [5, 5.41) is 9.94. The molecule has 4 heteroatoms. The number of nitrogens with zero attached hydrogens (tertiary/aromatic N) is 1. The van der Waals surface area contributed by atoms with Crippen molar-refractivity contribution in [2.45, 2.75) is 58.6 Å². The molecule has 4 nitrogen and oxygen atoms in total. The van der Waals surface area contributed by atoms with Gasteiger partial charge in [0.1, 0.15) is 5.75 Å². The van der Waals surface area contributed by atoms with Crippen LogP contribution < -0.4 is 4.74 Å². The molecule has 0 saturated carbocycles. The predicted molar refractivity (Wildman–Crippen MR) is 87.1 cm³/mol. The molecular weight excluding hydrogens is 278 g/mol. The highest BCUT2D eigenvalue weighted by Gasteiger charge is 2.42. The number of aliphatic hydroxyl groups excluding tert-OH is 1. The number of aliphatic hydroxyl groups is 1. The lowest BCUT2D eigenvalue weighted by molar-refractivity contribution is -0.136. The number of ether oxygens (including phenoxy) is 1. The highest BCUT2D eigenvalue weighted by atomic mass is 16.5. The third kappa shape index (κ3) is 3.43. The third-order valence-corrected chi connectivity index (χ3v) is 4.63. The maximum Gasteiger partial charge on any atom is 0.223 e. The largest absolute Gasteiger partial charge is 0.493 e. The van der Waals surface area contributed by atoms with Crippen LogP contribution in [0.4, 0.5) is 0 Å². The minimum atomic E-state index is -0.454. The van der Waals surface area contributed by atoms with Gasteiger partial charge in [-0.25, -0.2) is 0 Å². The molecule has 0 spiro atoms. The molecule has 1 aliphatic heterocycles. The van der Waals surface area contributed by atoms with Crippen molar-refractivity contribution in [3.8, 4) is 5.75 Å². The maximum absolute atomic E-state index is 12.3. The minimum absolute atomic E-state index is 0.103. The van der Waals surface area contributed by atoms with E-state index in [4.69, 9.17) is 4.74 Å². The van der Waals surface area contributed by atoms with Gasteiger partial charge in [0.15, 0.2) is 0 Å². The molecule has 0 aliphatic carbocycles. The maximum atomic E-state index is 12.3. The highest BCUT2D eigenvalue weighted by Crippen LogP contribution is 2.29. The van der Waals surface area contributed by atoms with Crippen LogP contribution in [0.5, 0.6) is 5.75 Å². The van der Waals surface area contributed by atoms with Crippen LogP contribution in [-0.4, -0.2) is 40.7 Å². The van der Waals surface area contributed by atoms with Crippen molar-refractivity contribution in [1.29, 1.82) is 0 Å². The number of rotatable bonds is 5. The smallest absolute Gasteiger partial charge is 0.223 e. The first-order valence-corrected chi connectivity index (χ1v) is 8.01. The Morgan fingerprint density at radius 2 is 2.00 bits per heavy atom. The molecular formula is C18H27NO3. The summed E-state index contributed by atoms with van der Waals surface area (Å²) in [6.45, 7) is 9.09. The first-order valence-electron chi connectivity index (χ1n) is 8.01. The molecule has 1 aromatic carbocycles. The fraction of sp³-hybridized carbons (Fsp3) is 0.611. The average molecular weight is 305 g/mol. The summed E-state index contributed by atoms with van der Waals surface area (Å²) < 4.78 is 5.83. The van der Waals surface area contributed by atoms with Gasteiger partial charge in [-0.05, 0) is 51.7 Å². The molecule has 1 atom stereocenters. The van der Waals surface area contributed by atoms with E-state index < -0.39 is 11.6 Å². The number of carbonyl (C=O) groups excluding carboxylic acids is 1. The van der Waals surface area contributed by atoms with Crippen LogP contribution in [0.3, 0.4) is 0 Å². The van der Waals surface area contributed by atoms with Gasteiger partial charge in [0.25, 0.3) is 0 Å². The lowest BCUT2D eigenvalue weighted by atomic mass is 9.98. The standard InChI is InChI=1S/C18H27NO3/c1-13-7-5-8-14(2)17(13)22-12-6-9-16(21)19-11-10-15(20)18(19,3)4/h5,7-8,15,20H,6,9-12H2,1-4H3. The Morgan fingerprint density at radius 1 is 1.36 bits per heavy atom.